The van der Waals surface area contributed by atoms with Crippen molar-refractivity contribution in [1.29, 1.82) is 0 Å². The van der Waals surface area contributed by atoms with Crippen molar-refractivity contribution in [1.82, 2.24) is 19.8 Å². The average Bonchev–Trinajstić information content (AvgIpc) is 3.03. The van der Waals surface area contributed by atoms with E-state index in [1.165, 1.54) is 16.7 Å². The fourth-order valence-corrected chi connectivity index (χ4v) is 2.72. The molecule has 1 aromatic carbocycles. The predicted molar refractivity (Wildman–Crippen MR) is 96.8 cm³/mol. The van der Waals surface area contributed by atoms with Crippen molar-refractivity contribution in [3.05, 3.63) is 53.1 Å². The van der Waals surface area contributed by atoms with Crippen molar-refractivity contribution in [2.75, 3.05) is 27.2 Å². The number of aryl methyl sites for hydroxylation is 3. The number of carbonyl (C=O) groups excluding carboxylic acids is 1. The van der Waals surface area contributed by atoms with Gasteiger partial charge in [0, 0.05) is 25.7 Å². The first kappa shape index (κ1) is 18.2. The van der Waals surface area contributed by atoms with Crippen LogP contribution < -0.4 is 0 Å². The minimum atomic E-state index is 0.187. The molecule has 5 nitrogen and oxygen atoms in total. The number of hydrogen-bond acceptors (Lipinski definition) is 3. The number of rotatable bonds is 8. The number of imidazole rings is 1. The molecule has 1 heterocycles. The smallest absolute Gasteiger partial charge is 0.223 e. The second kappa shape index (κ2) is 8.64. The SMILES string of the molecule is Cc1ccc(CCC(=O)N(CCN(C)C)Cc2cnc[nH]2)c(C)c1. The normalized spacial score (nSPS) is 11.0. The lowest BCUT2D eigenvalue weighted by molar-refractivity contribution is -0.132. The fraction of sp³-hybridized carbons (Fsp3) is 0.474. The minimum absolute atomic E-state index is 0.187. The van der Waals surface area contributed by atoms with E-state index in [1.807, 2.05) is 19.0 Å². The summed E-state index contributed by atoms with van der Waals surface area (Å²) in [5.74, 6) is 0.187. The lowest BCUT2D eigenvalue weighted by atomic mass is 10.0. The third kappa shape index (κ3) is 5.49. The Labute approximate surface area is 144 Å². The molecule has 0 saturated carbocycles. The Kier molecular flexibility index (Phi) is 6.55. The number of nitrogens with zero attached hydrogens (tertiary/aromatic N) is 3. The molecule has 0 bridgehead atoms. The summed E-state index contributed by atoms with van der Waals surface area (Å²) >= 11 is 0. The largest absolute Gasteiger partial charge is 0.347 e. The number of carbonyl (C=O) groups is 1. The number of aromatic amines is 1. The Bertz CT molecular complexity index is 649. The van der Waals surface area contributed by atoms with Gasteiger partial charge in [0.25, 0.3) is 0 Å². The summed E-state index contributed by atoms with van der Waals surface area (Å²) in [6, 6.07) is 6.42. The maximum Gasteiger partial charge on any atom is 0.223 e. The summed E-state index contributed by atoms with van der Waals surface area (Å²) in [7, 11) is 4.04. The molecular weight excluding hydrogens is 300 g/mol. The van der Waals surface area contributed by atoms with Crippen molar-refractivity contribution in [2.24, 2.45) is 0 Å². The lowest BCUT2D eigenvalue weighted by Gasteiger charge is -2.24. The van der Waals surface area contributed by atoms with Gasteiger partial charge in [-0.2, -0.15) is 0 Å². The van der Waals surface area contributed by atoms with Gasteiger partial charge in [0.05, 0.1) is 18.6 Å². The molecule has 0 saturated heterocycles. The van der Waals surface area contributed by atoms with Crippen molar-refractivity contribution in [3.8, 4) is 0 Å². The van der Waals surface area contributed by atoms with E-state index in [-0.39, 0.29) is 5.91 Å². The Morgan fingerprint density at radius 2 is 2.00 bits per heavy atom. The molecule has 1 N–H and O–H groups in total. The number of H-pyrrole nitrogens is 1. The highest BCUT2D eigenvalue weighted by Gasteiger charge is 2.15. The van der Waals surface area contributed by atoms with Crippen LogP contribution in [0.4, 0.5) is 0 Å². The highest BCUT2D eigenvalue weighted by atomic mass is 16.2. The van der Waals surface area contributed by atoms with E-state index in [9.17, 15) is 4.79 Å². The van der Waals surface area contributed by atoms with E-state index in [1.54, 1.807) is 12.5 Å². The number of likely N-dealkylation sites (N-methyl/N-ethyl adjacent to an activating group) is 1. The molecule has 0 aliphatic heterocycles. The van der Waals surface area contributed by atoms with Crippen LogP contribution in [0.15, 0.2) is 30.7 Å². The number of nitrogens with one attached hydrogen (secondary N) is 1. The number of amides is 1. The summed E-state index contributed by atoms with van der Waals surface area (Å²) in [6.45, 7) is 6.36. The van der Waals surface area contributed by atoms with Crippen LogP contribution >= 0.6 is 0 Å². The monoisotopic (exact) mass is 328 g/mol. The maximum atomic E-state index is 12.7. The van der Waals surface area contributed by atoms with E-state index >= 15 is 0 Å². The third-order valence-corrected chi connectivity index (χ3v) is 4.19. The van der Waals surface area contributed by atoms with E-state index in [2.05, 4.69) is 46.9 Å². The molecule has 2 aromatic rings. The van der Waals surface area contributed by atoms with Gasteiger partial charge in [-0.1, -0.05) is 23.8 Å². The lowest BCUT2D eigenvalue weighted by Crippen LogP contribution is -2.36. The molecule has 0 aliphatic carbocycles. The van der Waals surface area contributed by atoms with Crippen LogP contribution in [0, 0.1) is 13.8 Å². The van der Waals surface area contributed by atoms with Gasteiger partial charge in [0.15, 0.2) is 0 Å². The first-order valence-corrected chi connectivity index (χ1v) is 8.41. The van der Waals surface area contributed by atoms with Gasteiger partial charge in [-0.15, -0.1) is 0 Å². The number of hydrogen-bond donors (Lipinski definition) is 1. The molecule has 130 valence electrons. The first-order chi connectivity index (χ1) is 11.5. The zero-order valence-electron chi connectivity index (χ0n) is 15.2. The summed E-state index contributed by atoms with van der Waals surface area (Å²) in [6.07, 6.45) is 4.75. The van der Waals surface area contributed by atoms with Gasteiger partial charge in [0.2, 0.25) is 5.91 Å². The second-order valence-electron chi connectivity index (χ2n) is 6.63. The summed E-state index contributed by atoms with van der Waals surface area (Å²) in [5.41, 5.74) is 4.74. The van der Waals surface area contributed by atoms with Crippen LogP contribution in [0.3, 0.4) is 0 Å². The third-order valence-electron chi connectivity index (χ3n) is 4.19. The zero-order valence-corrected chi connectivity index (χ0v) is 15.2. The van der Waals surface area contributed by atoms with Crippen LogP contribution in [0.1, 0.15) is 28.8 Å². The zero-order chi connectivity index (χ0) is 17.5. The van der Waals surface area contributed by atoms with Gasteiger partial charge in [-0.25, -0.2) is 4.98 Å². The Morgan fingerprint density at radius 3 is 2.62 bits per heavy atom. The Hall–Kier alpha value is -2.14. The highest BCUT2D eigenvalue weighted by Crippen LogP contribution is 2.14. The van der Waals surface area contributed by atoms with Crippen molar-refractivity contribution < 1.29 is 4.79 Å². The van der Waals surface area contributed by atoms with Gasteiger partial charge < -0.3 is 14.8 Å². The van der Waals surface area contributed by atoms with Crippen molar-refractivity contribution in [2.45, 2.75) is 33.2 Å². The summed E-state index contributed by atoms with van der Waals surface area (Å²) in [5, 5.41) is 0. The van der Waals surface area contributed by atoms with Gasteiger partial charge in [-0.3, -0.25) is 4.79 Å². The minimum Gasteiger partial charge on any atom is -0.347 e. The van der Waals surface area contributed by atoms with Crippen LogP contribution in [-0.4, -0.2) is 52.9 Å². The van der Waals surface area contributed by atoms with E-state index in [0.717, 1.165) is 25.2 Å². The average molecular weight is 328 g/mol. The fourth-order valence-electron chi connectivity index (χ4n) is 2.72. The van der Waals surface area contributed by atoms with Crippen LogP contribution in [-0.2, 0) is 17.8 Å². The molecule has 5 heteroatoms. The summed E-state index contributed by atoms with van der Waals surface area (Å²) < 4.78 is 0. The van der Waals surface area contributed by atoms with Crippen LogP contribution in [0.2, 0.25) is 0 Å². The van der Waals surface area contributed by atoms with E-state index in [0.29, 0.717) is 13.0 Å². The maximum absolute atomic E-state index is 12.7. The van der Waals surface area contributed by atoms with Gasteiger partial charge in [-0.05, 0) is 45.5 Å². The quantitative estimate of drug-likeness (QED) is 0.810. The van der Waals surface area contributed by atoms with Gasteiger partial charge in [0.1, 0.15) is 0 Å². The number of aromatic nitrogens is 2. The standard InChI is InChI=1S/C19H28N4O/c1-15-5-6-17(16(2)11-15)7-8-19(24)23(10-9-22(3)4)13-18-12-20-14-21-18/h5-6,11-12,14H,7-10,13H2,1-4H3,(H,20,21). The molecule has 1 aromatic heterocycles. The van der Waals surface area contributed by atoms with E-state index in [4.69, 9.17) is 0 Å². The topological polar surface area (TPSA) is 52.2 Å². The van der Waals surface area contributed by atoms with E-state index < -0.39 is 0 Å². The number of benzene rings is 1. The molecule has 0 unspecified atom stereocenters. The Morgan fingerprint density at radius 1 is 1.21 bits per heavy atom. The van der Waals surface area contributed by atoms with Crippen LogP contribution in [0.25, 0.3) is 0 Å². The first-order valence-electron chi connectivity index (χ1n) is 8.41. The molecule has 24 heavy (non-hydrogen) atoms. The molecule has 0 spiro atoms. The molecular formula is C19H28N4O. The molecule has 0 fully saturated rings. The molecule has 0 aliphatic rings. The van der Waals surface area contributed by atoms with Crippen molar-refractivity contribution in [3.63, 3.8) is 0 Å². The predicted octanol–water partition coefficient (Wildman–Crippen LogP) is 2.55. The molecule has 0 atom stereocenters. The molecule has 2 rings (SSSR count). The summed E-state index contributed by atoms with van der Waals surface area (Å²) in [4.78, 5) is 23.8. The molecule has 1 amide bonds. The Balaban J connectivity index is 1.97. The highest BCUT2D eigenvalue weighted by molar-refractivity contribution is 5.76. The molecule has 0 radical (unpaired) electrons. The van der Waals surface area contributed by atoms with Crippen molar-refractivity contribution >= 4 is 5.91 Å². The van der Waals surface area contributed by atoms with Crippen LogP contribution in [0.5, 0.6) is 0 Å². The second-order valence-corrected chi connectivity index (χ2v) is 6.63. The van der Waals surface area contributed by atoms with Gasteiger partial charge >= 0.3 is 0 Å².